The fourth-order valence-electron chi connectivity index (χ4n) is 8.02. The molecule has 9 heteroatoms. The first-order chi connectivity index (χ1) is 22.2. The standard InChI is InChI=1S/C38H52N2O7/c1-23(19-27-17-18-37(2,3)38(27,4)5)47-36(46)29-22-26-13-9-10-14-28(26)40(29)35(45)33(25-11-7-6-8-12-25)39-34(44)32(43)21-24-15-16-30(41)31(42)20-24/h9-10,13-16,20,23,25,27,29,32-33,41-43H,6-8,11-12,17-19,21-22H2,1-5H3,(H,39,44). The highest BCUT2D eigenvalue weighted by Gasteiger charge is 2.49. The van der Waals surface area contributed by atoms with Crippen LogP contribution in [0.2, 0.25) is 0 Å². The summed E-state index contributed by atoms with van der Waals surface area (Å²) in [5, 5.41) is 33.2. The molecule has 3 aliphatic rings. The molecule has 5 unspecified atom stereocenters. The minimum absolute atomic E-state index is 0.109. The van der Waals surface area contributed by atoms with E-state index in [4.69, 9.17) is 4.74 Å². The summed E-state index contributed by atoms with van der Waals surface area (Å²) in [6.45, 7) is 11.2. The zero-order chi connectivity index (χ0) is 34.1. The van der Waals surface area contributed by atoms with Crippen molar-refractivity contribution < 1.29 is 34.4 Å². The van der Waals surface area contributed by atoms with Gasteiger partial charge in [0.1, 0.15) is 18.2 Å². The van der Waals surface area contributed by atoms with Crippen molar-refractivity contribution in [2.75, 3.05) is 4.90 Å². The van der Waals surface area contributed by atoms with Gasteiger partial charge in [0, 0.05) is 18.5 Å². The molecule has 47 heavy (non-hydrogen) atoms. The molecule has 2 saturated carbocycles. The molecule has 0 spiro atoms. The summed E-state index contributed by atoms with van der Waals surface area (Å²) in [4.78, 5) is 43.4. The topological polar surface area (TPSA) is 136 Å². The molecule has 2 fully saturated rings. The lowest BCUT2D eigenvalue weighted by Gasteiger charge is -2.40. The van der Waals surface area contributed by atoms with Gasteiger partial charge in [-0.15, -0.1) is 0 Å². The first kappa shape index (κ1) is 34.7. The number of phenolic OH excluding ortho intramolecular Hbond substituents is 2. The van der Waals surface area contributed by atoms with Crippen molar-refractivity contribution in [3.8, 4) is 11.5 Å². The van der Waals surface area contributed by atoms with E-state index in [1.165, 1.54) is 23.1 Å². The third-order valence-electron chi connectivity index (χ3n) is 11.8. The fourth-order valence-corrected chi connectivity index (χ4v) is 8.02. The number of para-hydroxylation sites is 1. The van der Waals surface area contributed by atoms with Crippen molar-refractivity contribution in [1.29, 1.82) is 0 Å². The second kappa shape index (κ2) is 13.9. The van der Waals surface area contributed by atoms with E-state index < -0.39 is 30.1 Å². The number of carbonyl (C=O) groups is 3. The largest absolute Gasteiger partial charge is 0.504 e. The van der Waals surface area contributed by atoms with Crippen molar-refractivity contribution >= 4 is 23.5 Å². The second-order valence-corrected chi connectivity index (χ2v) is 15.3. The third kappa shape index (κ3) is 7.30. The van der Waals surface area contributed by atoms with Gasteiger partial charge >= 0.3 is 5.97 Å². The van der Waals surface area contributed by atoms with Crippen LogP contribution in [0.15, 0.2) is 42.5 Å². The van der Waals surface area contributed by atoms with Crippen LogP contribution in [-0.4, -0.2) is 57.4 Å². The molecule has 0 bridgehead atoms. The van der Waals surface area contributed by atoms with Crippen molar-refractivity contribution in [1.82, 2.24) is 5.32 Å². The Morgan fingerprint density at radius 3 is 2.34 bits per heavy atom. The van der Waals surface area contributed by atoms with Crippen molar-refractivity contribution in [2.24, 2.45) is 22.7 Å². The molecule has 5 atom stereocenters. The van der Waals surface area contributed by atoms with Gasteiger partial charge in [-0.3, -0.25) is 14.5 Å². The number of nitrogens with one attached hydrogen (secondary N) is 1. The number of hydrogen-bond donors (Lipinski definition) is 4. The van der Waals surface area contributed by atoms with E-state index in [1.807, 2.05) is 31.2 Å². The Morgan fingerprint density at radius 1 is 0.979 bits per heavy atom. The lowest BCUT2D eigenvalue weighted by atomic mass is 9.66. The molecule has 2 aromatic rings. The molecule has 0 saturated heterocycles. The summed E-state index contributed by atoms with van der Waals surface area (Å²) in [6.07, 6.45) is 5.77. The summed E-state index contributed by atoms with van der Waals surface area (Å²) in [6, 6.07) is 9.78. The number of fused-ring (bicyclic) bond motifs is 1. The number of hydrogen-bond acceptors (Lipinski definition) is 7. The number of nitrogens with zero attached hydrogens (tertiary/aromatic N) is 1. The number of aliphatic hydroxyl groups excluding tert-OH is 1. The van der Waals surface area contributed by atoms with Crippen LogP contribution in [0.4, 0.5) is 5.69 Å². The molecule has 5 rings (SSSR count). The third-order valence-corrected chi connectivity index (χ3v) is 11.8. The lowest BCUT2D eigenvalue weighted by molar-refractivity contribution is -0.152. The number of carbonyl (C=O) groups excluding carboxylic acids is 3. The summed E-state index contributed by atoms with van der Waals surface area (Å²) in [5.41, 5.74) is 2.28. The predicted octanol–water partition coefficient (Wildman–Crippen LogP) is 5.81. The Labute approximate surface area is 278 Å². The van der Waals surface area contributed by atoms with Crippen LogP contribution >= 0.6 is 0 Å². The number of benzene rings is 2. The molecule has 0 radical (unpaired) electrons. The first-order valence-electron chi connectivity index (χ1n) is 17.3. The minimum Gasteiger partial charge on any atom is -0.504 e. The molecular formula is C38H52N2O7. The van der Waals surface area contributed by atoms with Crippen LogP contribution < -0.4 is 10.2 Å². The fraction of sp³-hybridized carbons (Fsp3) is 0.605. The van der Waals surface area contributed by atoms with Crippen LogP contribution in [0.5, 0.6) is 11.5 Å². The van der Waals surface area contributed by atoms with E-state index in [1.54, 1.807) is 0 Å². The van der Waals surface area contributed by atoms with E-state index in [9.17, 15) is 29.7 Å². The van der Waals surface area contributed by atoms with Crippen LogP contribution in [0.3, 0.4) is 0 Å². The molecule has 4 N–H and O–H groups in total. The summed E-state index contributed by atoms with van der Waals surface area (Å²) >= 11 is 0. The Hall–Kier alpha value is -3.59. The number of ether oxygens (including phenoxy) is 1. The van der Waals surface area contributed by atoms with Crippen LogP contribution in [0.25, 0.3) is 0 Å². The van der Waals surface area contributed by atoms with Crippen LogP contribution in [-0.2, 0) is 32.0 Å². The molecule has 0 aromatic heterocycles. The zero-order valence-corrected chi connectivity index (χ0v) is 28.5. The number of aliphatic hydroxyl groups is 1. The number of esters is 1. The molecule has 1 aliphatic heterocycles. The van der Waals surface area contributed by atoms with Gasteiger partial charge < -0.3 is 25.4 Å². The van der Waals surface area contributed by atoms with Gasteiger partial charge in [-0.25, -0.2) is 4.79 Å². The highest BCUT2D eigenvalue weighted by Crippen LogP contribution is 2.57. The molecule has 256 valence electrons. The molecule has 1 heterocycles. The molecular weight excluding hydrogens is 596 g/mol. The normalized spacial score (nSPS) is 23.8. The van der Waals surface area contributed by atoms with E-state index in [0.717, 1.165) is 56.9 Å². The summed E-state index contributed by atoms with van der Waals surface area (Å²) < 4.78 is 6.10. The first-order valence-corrected chi connectivity index (χ1v) is 17.3. The van der Waals surface area contributed by atoms with Crippen molar-refractivity contribution in [3.63, 3.8) is 0 Å². The maximum Gasteiger partial charge on any atom is 0.329 e. The van der Waals surface area contributed by atoms with Crippen molar-refractivity contribution in [3.05, 3.63) is 53.6 Å². The van der Waals surface area contributed by atoms with Gasteiger partial charge in [0.2, 0.25) is 5.91 Å². The van der Waals surface area contributed by atoms with Gasteiger partial charge in [0.05, 0.1) is 6.10 Å². The predicted molar refractivity (Wildman–Crippen MR) is 180 cm³/mol. The molecule has 2 aromatic carbocycles. The Kier molecular flexibility index (Phi) is 10.3. The SMILES string of the molecule is CC(CC1CCC(C)(C)C1(C)C)OC(=O)C1Cc2ccccc2N1C(=O)C(NC(=O)C(O)Cc1ccc(O)c(O)c1)C1CCCCC1. The minimum atomic E-state index is -1.49. The Bertz CT molecular complexity index is 1460. The van der Waals surface area contributed by atoms with Crippen LogP contribution in [0, 0.1) is 22.7 Å². The molecule has 9 nitrogen and oxygen atoms in total. The zero-order valence-electron chi connectivity index (χ0n) is 28.5. The quantitative estimate of drug-likeness (QED) is 0.189. The van der Waals surface area contributed by atoms with Gasteiger partial charge in [-0.1, -0.05) is 71.2 Å². The average molecular weight is 649 g/mol. The number of amides is 2. The number of rotatable bonds is 10. The molecule has 2 aliphatic carbocycles. The number of anilines is 1. The maximum absolute atomic E-state index is 14.6. The second-order valence-electron chi connectivity index (χ2n) is 15.3. The van der Waals surface area contributed by atoms with Gasteiger partial charge in [0.25, 0.3) is 5.91 Å². The summed E-state index contributed by atoms with van der Waals surface area (Å²) in [7, 11) is 0. The monoisotopic (exact) mass is 648 g/mol. The maximum atomic E-state index is 14.6. The van der Waals surface area contributed by atoms with E-state index >= 15 is 0 Å². The van der Waals surface area contributed by atoms with Gasteiger partial charge in [-0.2, -0.15) is 0 Å². The van der Waals surface area contributed by atoms with E-state index in [-0.39, 0.29) is 46.7 Å². The highest BCUT2D eigenvalue weighted by molar-refractivity contribution is 6.06. The van der Waals surface area contributed by atoms with Gasteiger partial charge in [-0.05, 0) is 91.0 Å². The average Bonchev–Trinajstić information content (AvgIpc) is 3.52. The highest BCUT2D eigenvalue weighted by atomic mass is 16.5. The Morgan fingerprint density at radius 2 is 1.68 bits per heavy atom. The number of aromatic hydroxyl groups is 2. The molecule has 2 amide bonds. The van der Waals surface area contributed by atoms with E-state index in [2.05, 4.69) is 33.0 Å². The lowest BCUT2D eigenvalue weighted by Crippen LogP contribution is -2.57. The van der Waals surface area contributed by atoms with Gasteiger partial charge in [0.15, 0.2) is 11.5 Å². The summed E-state index contributed by atoms with van der Waals surface area (Å²) in [5.74, 6) is -1.90. The van der Waals surface area contributed by atoms with Crippen molar-refractivity contribution in [2.45, 2.75) is 123 Å². The number of phenols is 2. The van der Waals surface area contributed by atoms with Crippen LogP contribution in [0.1, 0.15) is 97.1 Å². The Balaban J connectivity index is 1.35. The van der Waals surface area contributed by atoms with E-state index in [0.29, 0.717) is 23.6 Å². The smallest absolute Gasteiger partial charge is 0.329 e.